The Kier molecular flexibility index (Phi) is 9.44. The number of ether oxygens (including phenoxy) is 6. The van der Waals surface area contributed by atoms with Crippen LogP contribution in [0.3, 0.4) is 0 Å². The number of esters is 1. The van der Waals surface area contributed by atoms with Crippen molar-refractivity contribution >= 4 is 11.9 Å². The number of nitrogens with one attached hydrogen (secondary N) is 1. The Bertz CT molecular complexity index is 1450. The number of phenols is 1. The van der Waals surface area contributed by atoms with Gasteiger partial charge in [-0.15, -0.1) is 0 Å². The van der Waals surface area contributed by atoms with Crippen LogP contribution < -0.4 is 24.3 Å². The summed E-state index contributed by atoms with van der Waals surface area (Å²) in [5, 5.41) is 57.2. The van der Waals surface area contributed by atoms with E-state index in [-0.39, 0.29) is 30.6 Å². The molecule has 0 radical (unpaired) electrons. The Balaban J connectivity index is 0.000000270. The molecule has 9 atom stereocenters. The van der Waals surface area contributed by atoms with Crippen LogP contribution in [-0.2, 0) is 19.1 Å². The van der Waals surface area contributed by atoms with Crippen molar-refractivity contribution < 1.29 is 77.4 Å². The van der Waals surface area contributed by atoms with Gasteiger partial charge in [-0.1, -0.05) is 0 Å². The molecule has 15 nitrogen and oxygen atoms in total. The van der Waals surface area contributed by atoms with Gasteiger partial charge in [-0.25, -0.2) is 4.39 Å². The highest BCUT2D eigenvalue weighted by atomic mass is 19.2. The lowest BCUT2D eigenvalue weighted by atomic mass is 9.65. The number of cyclic esters (lactones) is 1. The van der Waals surface area contributed by atoms with Gasteiger partial charge in [0.1, 0.15) is 18.3 Å². The molecule has 6 rings (SSSR count). The summed E-state index contributed by atoms with van der Waals surface area (Å²) < 4.78 is 57.1. The van der Waals surface area contributed by atoms with Crippen LogP contribution >= 0.6 is 0 Å². The smallest absolute Gasteiger partial charge is 0.347 e. The van der Waals surface area contributed by atoms with Crippen LogP contribution in [-0.4, -0.2) is 114 Å². The van der Waals surface area contributed by atoms with Crippen molar-refractivity contribution in [3.63, 3.8) is 0 Å². The second-order valence-electron chi connectivity index (χ2n) is 11.0. The van der Waals surface area contributed by atoms with Gasteiger partial charge < -0.3 is 64.4 Å². The topological polar surface area (TPSA) is 223 Å². The summed E-state index contributed by atoms with van der Waals surface area (Å²) in [4.78, 5) is 25.0. The molecule has 2 saturated heterocycles. The molecular formula is C29H33F2NO14. The molecule has 0 spiro atoms. The largest absolute Gasteiger partial charge is 0.502 e. The maximum Gasteiger partial charge on any atom is 0.347 e. The summed E-state index contributed by atoms with van der Waals surface area (Å²) >= 11 is 0. The van der Waals surface area contributed by atoms with Crippen LogP contribution in [0.4, 0.5) is 8.78 Å². The first-order valence-electron chi connectivity index (χ1n) is 14.0. The van der Waals surface area contributed by atoms with E-state index in [2.05, 4.69) is 10.1 Å². The monoisotopic (exact) mass is 657 g/mol. The molecule has 252 valence electrons. The number of hydrogen-bond acceptors (Lipinski definition) is 14. The third-order valence-corrected chi connectivity index (χ3v) is 8.40. The van der Waals surface area contributed by atoms with Gasteiger partial charge in [0, 0.05) is 11.8 Å². The molecule has 0 bridgehead atoms. The number of halogens is 2. The molecule has 3 aliphatic heterocycles. The van der Waals surface area contributed by atoms with Crippen molar-refractivity contribution in [1.29, 1.82) is 0 Å². The molecular weight excluding hydrogens is 624 g/mol. The third kappa shape index (κ3) is 5.85. The normalized spacial score (nSPS) is 32.3. The van der Waals surface area contributed by atoms with Gasteiger partial charge in [-0.05, 0) is 41.0 Å². The number of aliphatic hydroxyl groups excluding tert-OH is 4. The Morgan fingerprint density at radius 2 is 1.63 bits per heavy atom. The second kappa shape index (κ2) is 13.0. The lowest BCUT2D eigenvalue weighted by Crippen LogP contribution is -2.63. The predicted octanol–water partition coefficient (Wildman–Crippen LogP) is -0.725. The van der Waals surface area contributed by atoms with Gasteiger partial charge in [0.25, 0.3) is 5.91 Å². The Morgan fingerprint density at radius 3 is 2.20 bits per heavy atom. The van der Waals surface area contributed by atoms with Crippen LogP contribution in [0, 0.1) is 11.8 Å². The maximum absolute atomic E-state index is 13.1. The zero-order valence-electron chi connectivity index (χ0n) is 24.5. The van der Waals surface area contributed by atoms with Crippen molar-refractivity contribution in [2.24, 2.45) is 11.8 Å². The van der Waals surface area contributed by atoms with Crippen LogP contribution in [0.15, 0.2) is 24.3 Å². The molecule has 46 heavy (non-hydrogen) atoms. The molecule has 17 heteroatoms. The number of hydrogen-bond donors (Lipinski definition) is 7. The molecule has 2 fully saturated rings. The number of carbonyl (C=O) groups excluding carboxylic acids is 2. The second-order valence-corrected chi connectivity index (χ2v) is 11.0. The van der Waals surface area contributed by atoms with Gasteiger partial charge in [0.2, 0.25) is 12.5 Å². The standard InChI is InChI=1S/C23H22FNO8.C6H11FO6/c1-29-16-3-10(4-17(30-2)22(16)27)19-11-5-14-15(33-9-32-14)6-12(11)21(25-18(26)7-24)13-8-31-23(28)20(13)19;7-6(12)5(11)4(10)3(9)2(1-8)13-6/h3-6,13,19-21,27H,7-9H2,1-2H3,(H,25,26);2-5,8-12H,1H2/t13-,19+,20-,21+;2-,3+,4+,5-,6-/m01/s1. The number of fused-ring (bicyclic) bond motifs is 3. The van der Waals surface area contributed by atoms with E-state index in [0.29, 0.717) is 28.2 Å². The van der Waals surface area contributed by atoms with Crippen molar-refractivity contribution in [2.75, 3.05) is 40.9 Å². The van der Waals surface area contributed by atoms with Crippen LogP contribution in [0.5, 0.6) is 28.7 Å². The Morgan fingerprint density at radius 1 is 1.02 bits per heavy atom. The number of alkyl halides is 2. The molecule has 0 unspecified atom stereocenters. The fraction of sp³-hybridized carbons (Fsp3) is 0.517. The summed E-state index contributed by atoms with van der Waals surface area (Å²) in [5.74, 6) is -1.68. The minimum atomic E-state index is -3.45. The molecule has 2 aromatic rings. The van der Waals surface area contributed by atoms with E-state index in [1.54, 1.807) is 24.3 Å². The average molecular weight is 658 g/mol. The van der Waals surface area contributed by atoms with Gasteiger partial charge in [-0.2, -0.15) is 4.39 Å². The predicted molar refractivity (Wildman–Crippen MR) is 146 cm³/mol. The number of aromatic hydroxyl groups is 1. The number of benzene rings is 2. The van der Waals surface area contributed by atoms with Gasteiger partial charge in [0.05, 0.1) is 39.4 Å². The SMILES string of the molecule is COc1cc([C@@H]2c3cc4c(cc3[C@@H](NC(=O)CF)[C@H]3COC(=O)[C@H]23)OCO4)cc(OC)c1O.OC[C@H]1O[C@@](O)(F)[C@H](O)[C@@H](O)[C@H]1O. The summed E-state index contributed by atoms with van der Waals surface area (Å²) in [6.07, 6.45) is -7.27. The number of carbonyl (C=O) groups is 2. The minimum absolute atomic E-state index is 0.0418. The molecule has 0 aromatic heterocycles. The maximum atomic E-state index is 13.1. The highest BCUT2D eigenvalue weighted by molar-refractivity contribution is 5.81. The van der Waals surface area contributed by atoms with Crippen molar-refractivity contribution in [2.45, 2.75) is 42.4 Å². The molecule has 2 aromatic carbocycles. The van der Waals surface area contributed by atoms with E-state index in [9.17, 15) is 23.5 Å². The number of rotatable bonds is 6. The highest BCUT2D eigenvalue weighted by Crippen LogP contribution is 2.55. The molecule has 1 aliphatic carbocycles. The van der Waals surface area contributed by atoms with Crippen LogP contribution in [0.1, 0.15) is 28.7 Å². The van der Waals surface area contributed by atoms with Gasteiger partial charge in [-0.3, -0.25) is 9.59 Å². The summed E-state index contributed by atoms with van der Waals surface area (Å²) in [6.45, 7) is -1.85. The van der Waals surface area contributed by atoms with E-state index >= 15 is 0 Å². The molecule has 0 saturated carbocycles. The lowest BCUT2D eigenvalue weighted by molar-refractivity contribution is -0.403. The van der Waals surface area contributed by atoms with Crippen molar-refractivity contribution in [3.05, 3.63) is 41.0 Å². The zero-order valence-corrected chi connectivity index (χ0v) is 24.5. The molecule has 1 amide bonds. The average Bonchev–Trinajstić information content (AvgIpc) is 3.67. The molecule has 3 heterocycles. The van der Waals surface area contributed by atoms with Crippen LogP contribution in [0.2, 0.25) is 0 Å². The highest BCUT2D eigenvalue weighted by Gasteiger charge is 2.54. The van der Waals surface area contributed by atoms with E-state index in [0.717, 1.165) is 0 Å². The Hall–Kier alpha value is -4.00. The molecule has 7 N–H and O–H groups in total. The first-order valence-corrected chi connectivity index (χ1v) is 14.0. The first kappa shape index (κ1) is 33.4. The first-order chi connectivity index (χ1) is 21.9. The quantitative estimate of drug-likeness (QED) is 0.191. The fourth-order valence-corrected chi connectivity index (χ4v) is 6.17. The van der Waals surface area contributed by atoms with Gasteiger partial charge in [0.15, 0.2) is 35.8 Å². The third-order valence-electron chi connectivity index (χ3n) is 8.40. The number of methoxy groups -OCH3 is 2. The minimum Gasteiger partial charge on any atom is -0.502 e. The van der Waals surface area contributed by atoms with Gasteiger partial charge >= 0.3 is 12.0 Å². The van der Waals surface area contributed by atoms with Crippen molar-refractivity contribution in [1.82, 2.24) is 5.32 Å². The lowest BCUT2D eigenvalue weighted by Gasteiger charge is -2.40. The van der Waals surface area contributed by atoms with E-state index < -0.39 is 79.4 Å². The molecule has 4 aliphatic rings. The summed E-state index contributed by atoms with van der Waals surface area (Å²) in [7, 11) is 2.83. The van der Waals surface area contributed by atoms with E-state index in [4.69, 9.17) is 49.2 Å². The van der Waals surface area contributed by atoms with E-state index in [1.807, 2.05) is 0 Å². The summed E-state index contributed by atoms with van der Waals surface area (Å²) in [5.41, 5.74) is 2.01. The van der Waals surface area contributed by atoms with Crippen molar-refractivity contribution in [3.8, 4) is 28.7 Å². The number of phenolic OH excluding ortho intramolecular Hbond substituents is 1. The Labute approximate surface area is 259 Å². The number of amides is 1. The number of aliphatic hydroxyl groups is 5. The van der Waals surface area contributed by atoms with E-state index in [1.165, 1.54) is 14.2 Å². The van der Waals surface area contributed by atoms with Crippen LogP contribution in [0.25, 0.3) is 0 Å². The fourth-order valence-electron chi connectivity index (χ4n) is 6.17. The summed E-state index contributed by atoms with van der Waals surface area (Å²) in [6, 6.07) is 2.68. The zero-order chi connectivity index (χ0) is 33.5.